The fourth-order valence-electron chi connectivity index (χ4n) is 3.67. The lowest BCUT2D eigenvalue weighted by molar-refractivity contribution is 0.283. The summed E-state index contributed by atoms with van der Waals surface area (Å²) >= 11 is 0. The molecule has 21 heavy (non-hydrogen) atoms. The maximum absolute atomic E-state index is 9.50. The molecule has 1 fully saturated rings. The van der Waals surface area contributed by atoms with Gasteiger partial charge in [-0.25, -0.2) is 4.98 Å². The standard InChI is InChI=1S/C18H24N2O/c1-13-7-3-6-10-17(13)20(2)18-16-9-5-4-8-15(16)14(12-21)11-19-18/h4-5,8-9,11,13,17,21H,3,6-7,10,12H2,1-2H3. The van der Waals surface area contributed by atoms with E-state index in [4.69, 9.17) is 0 Å². The molecule has 1 N–H and O–H groups in total. The monoisotopic (exact) mass is 284 g/mol. The highest BCUT2D eigenvalue weighted by atomic mass is 16.3. The fraction of sp³-hybridized carbons (Fsp3) is 0.500. The zero-order valence-electron chi connectivity index (χ0n) is 12.9. The first kappa shape index (κ1) is 14.3. The Kier molecular flexibility index (Phi) is 4.11. The van der Waals surface area contributed by atoms with Crippen LogP contribution in [-0.2, 0) is 6.61 Å². The summed E-state index contributed by atoms with van der Waals surface area (Å²) in [7, 11) is 2.17. The number of fused-ring (bicyclic) bond motifs is 1. The summed E-state index contributed by atoms with van der Waals surface area (Å²) in [6, 6.07) is 8.82. The first-order valence-corrected chi connectivity index (χ1v) is 7.92. The Morgan fingerprint density at radius 2 is 1.90 bits per heavy atom. The van der Waals surface area contributed by atoms with Crippen LogP contribution in [0, 0.1) is 5.92 Å². The van der Waals surface area contributed by atoms with Gasteiger partial charge in [0.25, 0.3) is 0 Å². The topological polar surface area (TPSA) is 36.4 Å². The number of anilines is 1. The quantitative estimate of drug-likeness (QED) is 0.932. The van der Waals surface area contributed by atoms with Gasteiger partial charge in [-0.2, -0.15) is 0 Å². The normalized spacial score (nSPS) is 22.4. The van der Waals surface area contributed by atoms with Gasteiger partial charge in [-0.05, 0) is 24.1 Å². The van der Waals surface area contributed by atoms with E-state index < -0.39 is 0 Å². The molecule has 3 heteroatoms. The van der Waals surface area contributed by atoms with Crippen LogP contribution < -0.4 is 4.90 Å². The lowest BCUT2D eigenvalue weighted by atomic mass is 9.85. The van der Waals surface area contributed by atoms with Crippen LogP contribution in [0.3, 0.4) is 0 Å². The molecule has 0 radical (unpaired) electrons. The number of aliphatic hydroxyl groups excluding tert-OH is 1. The second-order valence-electron chi connectivity index (χ2n) is 6.25. The van der Waals surface area contributed by atoms with Gasteiger partial charge in [0.2, 0.25) is 0 Å². The van der Waals surface area contributed by atoms with Gasteiger partial charge in [-0.1, -0.05) is 44.0 Å². The predicted octanol–water partition coefficient (Wildman–Crippen LogP) is 3.74. The number of hydrogen-bond acceptors (Lipinski definition) is 3. The third-order valence-corrected chi connectivity index (χ3v) is 4.92. The van der Waals surface area contributed by atoms with Crippen molar-refractivity contribution in [3.8, 4) is 0 Å². The van der Waals surface area contributed by atoms with Gasteiger partial charge in [0.15, 0.2) is 0 Å². The molecule has 0 spiro atoms. The van der Waals surface area contributed by atoms with Crippen molar-refractivity contribution in [2.45, 2.75) is 45.3 Å². The summed E-state index contributed by atoms with van der Waals surface area (Å²) in [5, 5.41) is 11.8. The van der Waals surface area contributed by atoms with E-state index in [-0.39, 0.29) is 6.61 Å². The molecule has 112 valence electrons. The third kappa shape index (κ3) is 2.62. The molecule has 1 saturated carbocycles. The first-order chi connectivity index (χ1) is 10.2. The van der Waals surface area contributed by atoms with Gasteiger partial charge in [0.05, 0.1) is 6.61 Å². The average Bonchev–Trinajstić information content (AvgIpc) is 2.53. The van der Waals surface area contributed by atoms with Crippen LogP contribution in [0.2, 0.25) is 0 Å². The van der Waals surface area contributed by atoms with E-state index in [1.165, 1.54) is 25.7 Å². The van der Waals surface area contributed by atoms with Gasteiger partial charge < -0.3 is 10.0 Å². The molecule has 1 aromatic heterocycles. The molecule has 0 bridgehead atoms. The van der Waals surface area contributed by atoms with Crippen LogP contribution >= 0.6 is 0 Å². The van der Waals surface area contributed by atoms with E-state index in [9.17, 15) is 5.11 Å². The summed E-state index contributed by atoms with van der Waals surface area (Å²) in [5.74, 6) is 1.75. The van der Waals surface area contributed by atoms with Crippen molar-refractivity contribution in [2.24, 2.45) is 5.92 Å². The van der Waals surface area contributed by atoms with Crippen molar-refractivity contribution in [3.63, 3.8) is 0 Å². The maximum atomic E-state index is 9.50. The number of aliphatic hydroxyl groups is 1. The van der Waals surface area contributed by atoms with Crippen LogP contribution in [0.4, 0.5) is 5.82 Å². The smallest absolute Gasteiger partial charge is 0.136 e. The maximum Gasteiger partial charge on any atom is 0.136 e. The molecular weight excluding hydrogens is 260 g/mol. The minimum atomic E-state index is 0.0390. The summed E-state index contributed by atoms with van der Waals surface area (Å²) in [5.41, 5.74) is 0.902. The van der Waals surface area contributed by atoms with Crippen LogP contribution in [0.1, 0.15) is 38.2 Å². The number of rotatable bonds is 3. The van der Waals surface area contributed by atoms with Crippen molar-refractivity contribution in [1.29, 1.82) is 0 Å². The number of pyridine rings is 1. The highest BCUT2D eigenvalue weighted by Gasteiger charge is 2.26. The zero-order chi connectivity index (χ0) is 14.8. The van der Waals surface area contributed by atoms with E-state index in [2.05, 4.69) is 36.0 Å². The Bertz CT molecular complexity index is 626. The Hall–Kier alpha value is -1.61. The second-order valence-corrected chi connectivity index (χ2v) is 6.25. The van der Waals surface area contributed by atoms with Crippen molar-refractivity contribution < 1.29 is 5.11 Å². The number of nitrogens with zero attached hydrogens (tertiary/aromatic N) is 2. The number of aromatic nitrogens is 1. The Morgan fingerprint density at radius 1 is 1.19 bits per heavy atom. The van der Waals surface area contributed by atoms with E-state index in [1.54, 1.807) is 0 Å². The van der Waals surface area contributed by atoms with Gasteiger partial charge in [0, 0.05) is 30.2 Å². The summed E-state index contributed by atoms with van der Waals surface area (Å²) in [4.78, 5) is 7.01. The van der Waals surface area contributed by atoms with Crippen molar-refractivity contribution >= 4 is 16.6 Å². The molecule has 1 aliphatic carbocycles. The number of benzene rings is 1. The second kappa shape index (κ2) is 6.02. The molecule has 1 aromatic carbocycles. The highest BCUT2D eigenvalue weighted by Crippen LogP contribution is 2.33. The van der Waals surface area contributed by atoms with E-state index in [1.807, 2.05) is 18.3 Å². The Balaban J connectivity index is 2.04. The average molecular weight is 284 g/mol. The van der Waals surface area contributed by atoms with E-state index in [0.717, 1.165) is 22.2 Å². The van der Waals surface area contributed by atoms with Crippen LogP contribution in [0.5, 0.6) is 0 Å². The van der Waals surface area contributed by atoms with Crippen molar-refractivity contribution in [3.05, 3.63) is 36.0 Å². The largest absolute Gasteiger partial charge is 0.392 e. The molecule has 1 aliphatic rings. The molecule has 0 saturated heterocycles. The number of hydrogen-bond donors (Lipinski definition) is 1. The third-order valence-electron chi connectivity index (χ3n) is 4.92. The van der Waals surface area contributed by atoms with E-state index >= 15 is 0 Å². The molecule has 2 atom stereocenters. The SMILES string of the molecule is CC1CCCCC1N(C)c1ncc(CO)c2ccccc12. The van der Waals surface area contributed by atoms with Crippen LogP contribution in [-0.4, -0.2) is 23.2 Å². The van der Waals surface area contributed by atoms with Gasteiger partial charge >= 0.3 is 0 Å². The molecule has 3 nitrogen and oxygen atoms in total. The highest BCUT2D eigenvalue weighted by molar-refractivity contribution is 5.94. The molecule has 1 heterocycles. The summed E-state index contributed by atoms with van der Waals surface area (Å²) < 4.78 is 0. The minimum Gasteiger partial charge on any atom is -0.392 e. The van der Waals surface area contributed by atoms with Crippen LogP contribution in [0.25, 0.3) is 10.8 Å². The summed E-state index contributed by atoms with van der Waals surface area (Å²) in [6.45, 7) is 2.39. The predicted molar refractivity (Wildman–Crippen MR) is 87.5 cm³/mol. The lowest BCUT2D eigenvalue weighted by Gasteiger charge is -2.37. The summed E-state index contributed by atoms with van der Waals surface area (Å²) in [6.07, 6.45) is 7.04. The molecule has 3 rings (SSSR count). The molecule has 2 unspecified atom stereocenters. The minimum absolute atomic E-state index is 0.0390. The van der Waals surface area contributed by atoms with Crippen molar-refractivity contribution in [2.75, 3.05) is 11.9 Å². The molecule has 0 amide bonds. The zero-order valence-corrected chi connectivity index (χ0v) is 12.9. The van der Waals surface area contributed by atoms with E-state index in [0.29, 0.717) is 12.0 Å². The van der Waals surface area contributed by atoms with Gasteiger partial charge in [0.1, 0.15) is 5.82 Å². The fourth-order valence-corrected chi connectivity index (χ4v) is 3.67. The first-order valence-electron chi connectivity index (χ1n) is 7.92. The molecular formula is C18H24N2O. The van der Waals surface area contributed by atoms with Crippen molar-refractivity contribution in [1.82, 2.24) is 4.98 Å². The lowest BCUT2D eigenvalue weighted by Crippen LogP contribution is -2.39. The van der Waals surface area contributed by atoms with Gasteiger partial charge in [-0.15, -0.1) is 0 Å². The molecule has 0 aliphatic heterocycles. The molecule has 2 aromatic rings. The van der Waals surface area contributed by atoms with Gasteiger partial charge in [-0.3, -0.25) is 0 Å². The van der Waals surface area contributed by atoms with Crippen LogP contribution in [0.15, 0.2) is 30.5 Å². The Morgan fingerprint density at radius 3 is 2.62 bits per heavy atom. The Labute approximate surface area is 126 Å².